The average molecular weight is 1130 g/mol. The number of hydrogen-bond acceptors (Lipinski definition) is 11. The lowest BCUT2D eigenvalue weighted by atomic mass is 9.55. The van der Waals surface area contributed by atoms with E-state index in [9.17, 15) is 0 Å². The first-order valence-corrected chi connectivity index (χ1v) is 31.4. The fourth-order valence-corrected chi connectivity index (χ4v) is 25.3. The van der Waals surface area contributed by atoms with Gasteiger partial charge in [0.05, 0.1) is 22.4 Å². The van der Waals surface area contributed by atoms with Gasteiger partial charge in [-0.15, -0.1) is 0 Å². The molecule has 10 aliphatic rings. The first-order chi connectivity index (χ1) is 41.5. The summed E-state index contributed by atoms with van der Waals surface area (Å²) in [7, 11) is 0. The number of hydrogen-bond donors (Lipinski definition) is 2. The molecule has 6 atom stereocenters. The Hall–Kier alpha value is -7.62. The normalized spacial score (nSPS) is 29.2. The van der Waals surface area contributed by atoms with Gasteiger partial charge in [0, 0.05) is 115 Å². The van der Waals surface area contributed by atoms with Crippen molar-refractivity contribution in [3.63, 3.8) is 0 Å². The summed E-state index contributed by atoms with van der Waals surface area (Å²) in [5.74, 6) is -2.05. The molecule has 0 spiro atoms. The highest BCUT2D eigenvalue weighted by atomic mass is 17.2. The molecule has 87 heavy (non-hydrogen) atoms. The molecule has 11 heteroatoms. The molecule has 0 unspecified atom stereocenters. The maximum atomic E-state index is 16.7. The molecule has 0 aromatic heterocycles. The van der Waals surface area contributed by atoms with Gasteiger partial charge in [0.1, 0.15) is 5.75 Å². The molecule has 1 aliphatic heterocycles. The van der Waals surface area contributed by atoms with Crippen molar-refractivity contribution in [3.05, 3.63) is 72.4 Å². The van der Waals surface area contributed by atoms with Crippen LogP contribution < -0.4 is 4.74 Å². The summed E-state index contributed by atoms with van der Waals surface area (Å²) in [4.78, 5) is 61.2. The van der Waals surface area contributed by atoms with E-state index in [0.29, 0.717) is 33.6 Å². The molecule has 0 fully saturated rings. The van der Waals surface area contributed by atoms with Gasteiger partial charge in [0.15, 0.2) is 28.0 Å². The zero-order valence-corrected chi connectivity index (χ0v) is 48.6. The lowest BCUT2D eigenvalue weighted by Gasteiger charge is -2.57. The third-order valence-corrected chi connectivity index (χ3v) is 25.9. The van der Waals surface area contributed by atoms with E-state index in [4.69, 9.17) is 43.8 Å². The predicted molar refractivity (Wildman–Crippen MR) is 332 cm³/mol. The number of aliphatic hydroxyl groups is 2. The molecule has 0 radical (unpaired) electrons. The molecule has 21 aromatic carbocycles. The molecule has 9 aliphatic carbocycles. The van der Waals surface area contributed by atoms with E-state index >= 15 is 10.2 Å². The minimum Gasteiger partial charge on any atom is -0.453 e. The first kappa shape index (κ1) is 40.8. The van der Waals surface area contributed by atoms with E-state index in [-0.39, 0.29) is 0 Å². The molecule has 0 bridgehead atoms. The van der Waals surface area contributed by atoms with Crippen molar-refractivity contribution in [3.8, 4) is 5.75 Å². The van der Waals surface area contributed by atoms with Crippen LogP contribution in [-0.4, -0.2) is 38.2 Å². The summed E-state index contributed by atoms with van der Waals surface area (Å²) in [6.45, 7) is 24.4. The van der Waals surface area contributed by atoms with Crippen molar-refractivity contribution in [2.24, 2.45) is 0 Å². The van der Waals surface area contributed by atoms with E-state index in [0.717, 1.165) is 109 Å². The Morgan fingerprint density at radius 2 is 0.437 bits per heavy atom. The molecule has 0 saturated carbocycles. The van der Waals surface area contributed by atoms with Crippen LogP contribution in [0.2, 0.25) is 0 Å². The molecule has 21 aromatic rings. The zero-order valence-electron chi connectivity index (χ0n) is 48.6. The standard InChI is InChI=1S/C76H38O11/c1-67(2,3)80-84-71-53-43-33-23-18-13-14-16-17-15(13)20-26-24(18)34(33)44-46-36(26)38-29(20)30-22(17)32-31-21(16)28-27-19(14)25(23)35-37(27)47-48-39(28)40(31)51-52-42(32)41(30)50-49(38)58-56(46)72(54(44)53,85-81-68(4,5)6)63-62(71)65-73(86-82-69(7,8)9,57(47)55(71)45(35)43)59(48)60(51)76(78)75(65,77)66(63)74(58,61(50)64(52)79-76)87-83-70(10,11)12/h77-78H,1-12H3/t71-,72+,73-,74+,75+,76-/m0/s1. The van der Waals surface area contributed by atoms with Crippen LogP contribution in [0.1, 0.15) is 133 Å². The smallest absolute Gasteiger partial charge is 0.273 e. The maximum absolute atomic E-state index is 16.7. The quantitative estimate of drug-likeness (QED) is 0.0859. The fraction of sp³-hybridized carbons (Fsp3) is 0.289. The fourth-order valence-electron chi connectivity index (χ4n) is 25.3. The van der Waals surface area contributed by atoms with E-state index in [1.807, 2.05) is 83.1 Å². The third kappa shape index (κ3) is 2.64. The summed E-state index contributed by atoms with van der Waals surface area (Å²) >= 11 is 0. The highest BCUT2D eigenvalue weighted by Gasteiger charge is 2.88. The predicted octanol–water partition coefficient (Wildman–Crippen LogP) is 16.8. The van der Waals surface area contributed by atoms with Gasteiger partial charge in [-0.05, 0) is 255 Å². The van der Waals surface area contributed by atoms with Gasteiger partial charge in [-0.3, -0.25) is 0 Å². The van der Waals surface area contributed by atoms with Crippen molar-refractivity contribution >= 4 is 215 Å². The lowest BCUT2D eigenvalue weighted by molar-refractivity contribution is -0.409. The van der Waals surface area contributed by atoms with Gasteiger partial charge in [0.2, 0.25) is 0 Å². The minimum absolute atomic E-state index is 0.364. The monoisotopic (exact) mass is 1130 g/mol. The summed E-state index contributed by atoms with van der Waals surface area (Å²) in [5, 5.41) is 82.0. The third-order valence-electron chi connectivity index (χ3n) is 25.9. The first-order valence-electron chi connectivity index (χ1n) is 31.4. The van der Waals surface area contributed by atoms with Crippen LogP contribution in [0.4, 0.5) is 0 Å². The van der Waals surface area contributed by atoms with Gasteiger partial charge in [-0.1, -0.05) is 0 Å². The number of ether oxygens (including phenoxy) is 1. The van der Waals surface area contributed by atoms with E-state index in [1.54, 1.807) is 0 Å². The average Bonchev–Trinajstić information content (AvgIpc) is 1.38. The zero-order chi connectivity index (χ0) is 56.5. The van der Waals surface area contributed by atoms with Gasteiger partial charge >= 0.3 is 0 Å². The lowest BCUT2D eigenvalue weighted by Crippen LogP contribution is -2.67. The summed E-state index contributed by atoms with van der Waals surface area (Å²) in [6, 6.07) is 0. The van der Waals surface area contributed by atoms with Crippen LogP contribution in [0.3, 0.4) is 0 Å². The Morgan fingerprint density at radius 1 is 0.241 bits per heavy atom. The van der Waals surface area contributed by atoms with Crippen LogP contribution in [0.15, 0.2) is 22.3 Å². The molecule has 2 N–H and O–H groups in total. The van der Waals surface area contributed by atoms with Crippen molar-refractivity contribution < 1.29 is 54.1 Å². The van der Waals surface area contributed by atoms with Crippen LogP contribution in [0.5, 0.6) is 5.75 Å². The van der Waals surface area contributed by atoms with Crippen LogP contribution >= 0.6 is 0 Å². The Morgan fingerprint density at radius 3 is 0.713 bits per heavy atom. The summed E-state index contributed by atoms with van der Waals surface area (Å²) < 4.78 is 8.16. The molecule has 0 amide bonds. The number of benzene rings is 15. The second-order valence-corrected chi connectivity index (χ2v) is 33.5. The molecular formula is C76H38O11. The Balaban J connectivity index is 1.07. The van der Waals surface area contributed by atoms with Crippen molar-refractivity contribution in [1.82, 2.24) is 0 Å². The molecular weight excluding hydrogens is 1090 g/mol. The van der Waals surface area contributed by atoms with Crippen molar-refractivity contribution in [1.29, 1.82) is 0 Å². The second-order valence-electron chi connectivity index (χ2n) is 33.5. The largest absolute Gasteiger partial charge is 0.453 e. The van der Waals surface area contributed by atoms with Crippen LogP contribution in [0, 0.1) is 0 Å². The van der Waals surface area contributed by atoms with E-state index in [2.05, 4.69) is 0 Å². The molecule has 0 saturated heterocycles. The van der Waals surface area contributed by atoms with Crippen molar-refractivity contribution in [2.75, 3.05) is 0 Å². The number of rotatable bonds is 8. The minimum atomic E-state index is -2.59. The van der Waals surface area contributed by atoms with Gasteiger partial charge in [0.25, 0.3) is 5.79 Å². The highest BCUT2D eigenvalue weighted by molar-refractivity contribution is 6.77. The van der Waals surface area contributed by atoms with Gasteiger partial charge < -0.3 is 14.9 Å². The second kappa shape index (κ2) is 9.41. The summed E-state index contributed by atoms with van der Waals surface area (Å²) in [5.41, 5.74) is -3.70. The SMILES string of the molecule is CC(C)(C)OO[C@]12C3=C4C5=C6[C@]7(OOC(C)(C)C)c8c9c%10c%11c(c%12c%13c%14c(c1c1c%15c2c2c%16c%17c(c7c7c8c8c%10c%10c%18c%11c%13c%11c%13c%14c1c1c%14c%15c%16c%15c%16c%17c7c7c8c%10c8c(c%11%18)c(c1%13)c(c%15%14)c8c7%16)[C@](O)(O2)[C@]36O)[C@@]4%12OOC(C)(C)C)[C@@]59OOC(C)(C)C. The molecule has 1 heterocycles. The number of fused-ring (bicyclic) bond motifs is 5. The van der Waals surface area contributed by atoms with E-state index in [1.165, 1.54) is 151 Å². The Labute approximate surface area is 484 Å². The summed E-state index contributed by atoms with van der Waals surface area (Å²) in [6.07, 6.45) is 0. The topological polar surface area (TPSA) is 124 Å². The molecule has 31 rings (SSSR count). The highest BCUT2D eigenvalue weighted by Crippen LogP contribution is 2.91. The van der Waals surface area contributed by atoms with Crippen molar-refractivity contribution in [2.45, 2.75) is 139 Å². The molecule has 408 valence electrons. The Kier molecular flexibility index (Phi) is 4.41. The van der Waals surface area contributed by atoms with Gasteiger partial charge in [-0.2, -0.15) is 0 Å². The van der Waals surface area contributed by atoms with Crippen LogP contribution in [-0.2, 0) is 67.3 Å². The Bertz CT molecular complexity index is 7390. The van der Waals surface area contributed by atoms with Gasteiger partial charge in [-0.25, -0.2) is 39.1 Å². The van der Waals surface area contributed by atoms with Crippen LogP contribution in [0.25, 0.3) is 215 Å². The maximum Gasteiger partial charge on any atom is 0.273 e. The van der Waals surface area contributed by atoms with E-state index < -0.39 is 56.2 Å². The molecule has 11 nitrogen and oxygen atoms in total.